The van der Waals surface area contributed by atoms with Crippen LogP contribution in [0.4, 0.5) is 0 Å². The number of fused-ring (bicyclic) bond motifs is 1. The van der Waals surface area contributed by atoms with Gasteiger partial charge in [-0.15, -0.1) is 0 Å². The summed E-state index contributed by atoms with van der Waals surface area (Å²) >= 11 is 0. The molecule has 226 valence electrons. The van der Waals surface area contributed by atoms with Gasteiger partial charge >= 0.3 is 0 Å². The molecule has 0 fully saturated rings. The van der Waals surface area contributed by atoms with Crippen molar-refractivity contribution in [3.63, 3.8) is 0 Å². The van der Waals surface area contributed by atoms with Crippen LogP contribution in [0.5, 0.6) is 0 Å². The zero-order valence-corrected chi connectivity index (χ0v) is 26.8. The Morgan fingerprint density at radius 1 is 0.860 bits per heavy atom. The third-order valence-electron chi connectivity index (χ3n) is 8.48. The van der Waals surface area contributed by atoms with Crippen molar-refractivity contribution in [2.45, 2.75) is 76.7 Å². The van der Waals surface area contributed by atoms with Gasteiger partial charge in [0.1, 0.15) is 0 Å². The highest BCUT2D eigenvalue weighted by Gasteiger charge is 2.50. The number of nitrogens with zero attached hydrogens (tertiary/aromatic N) is 3. The Hall–Kier alpha value is -3.49. The average molecular weight is 598 g/mol. The van der Waals surface area contributed by atoms with Crippen LogP contribution < -0.4 is 10.4 Å². The molecule has 0 aliphatic carbocycles. The molecule has 7 nitrogen and oxygen atoms in total. The second-order valence-electron chi connectivity index (χ2n) is 11.8. The van der Waals surface area contributed by atoms with Crippen molar-refractivity contribution in [1.82, 2.24) is 0 Å². The summed E-state index contributed by atoms with van der Waals surface area (Å²) in [6.07, 6.45) is -0.135. The van der Waals surface area contributed by atoms with Gasteiger partial charge in [-0.2, -0.15) is 0 Å². The Morgan fingerprint density at radius 2 is 1.44 bits per heavy atom. The molecular weight excluding hydrogens is 554 g/mol. The van der Waals surface area contributed by atoms with Crippen LogP contribution in [0.3, 0.4) is 0 Å². The first-order valence-corrected chi connectivity index (χ1v) is 16.8. The molecule has 4 aromatic rings. The van der Waals surface area contributed by atoms with E-state index >= 15 is 0 Å². The second kappa shape index (κ2) is 14.8. The number of benzene rings is 4. The summed E-state index contributed by atoms with van der Waals surface area (Å²) in [5.74, 6) is 0. The molecule has 43 heavy (non-hydrogen) atoms. The Kier molecular flexibility index (Phi) is 11.2. The highest BCUT2D eigenvalue weighted by Crippen LogP contribution is 2.41. The zero-order valence-electron chi connectivity index (χ0n) is 25.8. The highest BCUT2D eigenvalue weighted by molar-refractivity contribution is 6.98. The summed E-state index contributed by atoms with van der Waals surface area (Å²) in [6.45, 7) is 8.34. The van der Waals surface area contributed by atoms with Gasteiger partial charge in [0.05, 0.1) is 24.9 Å². The van der Waals surface area contributed by atoms with E-state index in [-0.39, 0.29) is 12.2 Å². The first-order chi connectivity index (χ1) is 20.7. The number of ether oxygens (including phenoxy) is 3. The summed E-state index contributed by atoms with van der Waals surface area (Å²) in [5, 5.41) is 7.68. The number of hydrogen-bond acceptors (Lipinski definition) is 5. The van der Waals surface area contributed by atoms with E-state index in [9.17, 15) is 10.3 Å². The van der Waals surface area contributed by atoms with E-state index in [1.807, 2.05) is 85.8 Å². The van der Waals surface area contributed by atoms with Crippen molar-refractivity contribution in [1.29, 1.82) is 0 Å². The molecule has 0 bridgehead atoms. The fraction of sp³-hybridized carbons (Fsp3) is 0.371. The van der Waals surface area contributed by atoms with Crippen LogP contribution in [0, 0.1) is 0 Å². The minimum Gasteiger partial charge on any atom is -0.424 e. The number of rotatable bonds is 15. The summed E-state index contributed by atoms with van der Waals surface area (Å²) in [7, 11) is -1.53. The van der Waals surface area contributed by atoms with E-state index in [2.05, 4.69) is 48.1 Å². The molecule has 4 rings (SSSR count). The quantitative estimate of drug-likeness (QED) is 0.0519. The molecule has 0 spiro atoms. The Bertz CT molecular complexity index is 1460. The number of methoxy groups -OCH3 is 1. The third-order valence-corrected chi connectivity index (χ3v) is 13.0. The molecule has 4 atom stereocenters. The Morgan fingerprint density at radius 3 is 2.02 bits per heavy atom. The second-order valence-corrected chi connectivity index (χ2v) is 15.7. The van der Waals surface area contributed by atoms with Gasteiger partial charge in [-0.3, -0.25) is 0 Å². The molecule has 8 heteroatoms. The van der Waals surface area contributed by atoms with E-state index in [0.717, 1.165) is 26.7 Å². The summed E-state index contributed by atoms with van der Waals surface area (Å²) in [6, 6.07) is 33.8. The van der Waals surface area contributed by atoms with Crippen LogP contribution in [0.2, 0.25) is 5.04 Å². The largest absolute Gasteiger partial charge is 0.424 e. The summed E-state index contributed by atoms with van der Waals surface area (Å²) < 4.78 is 18.6. The Balaban J connectivity index is 1.56. The number of azide groups is 1. The minimum absolute atomic E-state index is 0.260. The standard InChI is InChI=1S/C35H43N3O4Si/c1-26(37-38-36)34(41-25-28-20-21-29-14-12-13-15-30(29)24-28)42-33(27(2)40-5)22-23-35(3,4)43(39,31-16-8-6-9-17-31)32-18-10-7-11-19-32/h6-21,24,26-27,33-34,39H,22-23,25H2,1-5H3/t26?,27-,33?,34+/m0/s1. The maximum absolute atomic E-state index is 12.6. The highest BCUT2D eigenvalue weighted by atomic mass is 28.4. The molecule has 2 unspecified atom stereocenters. The lowest BCUT2D eigenvalue weighted by atomic mass is 10.0. The van der Waals surface area contributed by atoms with Crippen LogP contribution in [-0.2, 0) is 20.8 Å². The molecule has 1 N–H and O–H groups in total. The lowest BCUT2D eigenvalue weighted by Crippen LogP contribution is -2.65. The molecule has 0 saturated carbocycles. The summed E-state index contributed by atoms with van der Waals surface area (Å²) in [4.78, 5) is 15.6. The van der Waals surface area contributed by atoms with Gasteiger partial charge in [-0.25, -0.2) is 0 Å². The van der Waals surface area contributed by atoms with Gasteiger partial charge in [0.15, 0.2) is 6.29 Å². The normalized spacial score (nSPS) is 14.9. The molecule has 4 aromatic carbocycles. The molecule has 0 aromatic heterocycles. The first kappa shape index (κ1) is 32.4. The first-order valence-electron chi connectivity index (χ1n) is 14.8. The molecule has 0 aliphatic rings. The van der Waals surface area contributed by atoms with Gasteiger partial charge in [-0.05, 0) is 63.1 Å². The molecule has 0 radical (unpaired) electrons. The molecule has 0 amide bonds. The fourth-order valence-corrected chi connectivity index (χ4v) is 9.42. The van der Waals surface area contributed by atoms with Crippen molar-refractivity contribution >= 4 is 29.5 Å². The van der Waals surface area contributed by atoms with Crippen LogP contribution in [0.1, 0.15) is 46.1 Å². The topological polar surface area (TPSA) is 96.7 Å². The zero-order chi connectivity index (χ0) is 30.9. The SMILES string of the molecule is CO[C@@H](C)C(CCC(C)(C)[Si](O)(c1ccccc1)c1ccccc1)O[C@@H](OCc1ccc2ccccc2c1)C(C)N=[N+]=[N-]. The van der Waals surface area contributed by atoms with E-state index in [4.69, 9.17) is 14.2 Å². The van der Waals surface area contributed by atoms with Gasteiger partial charge in [0.25, 0.3) is 8.32 Å². The smallest absolute Gasteiger partial charge is 0.258 e. The molecular formula is C35H43N3O4Si. The van der Waals surface area contributed by atoms with Crippen molar-refractivity contribution < 1.29 is 19.0 Å². The van der Waals surface area contributed by atoms with Crippen molar-refractivity contribution in [2.24, 2.45) is 5.11 Å². The monoisotopic (exact) mass is 597 g/mol. The lowest BCUT2D eigenvalue weighted by Gasteiger charge is -2.42. The predicted octanol–water partition coefficient (Wildman–Crippen LogP) is 7.11. The fourth-order valence-electron chi connectivity index (χ4n) is 5.66. The number of hydrogen-bond donors (Lipinski definition) is 1. The minimum atomic E-state index is -3.19. The third kappa shape index (κ3) is 7.73. The van der Waals surface area contributed by atoms with Gasteiger partial charge in [0.2, 0.25) is 0 Å². The van der Waals surface area contributed by atoms with Gasteiger partial charge in [0, 0.05) is 12.0 Å². The maximum atomic E-state index is 12.6. The maximum Gasteiger partial charge on any atom is 0.258 e. The van der Waals surface area contributed by atoms with Gasteiger partial charge < -0.3 is 19.0 Å². The van der Waals surface area contributed by atoms with Crippen LogP contribution in [-0.4, -0.2) is 44.8 Å². The van der Waals surface area contributed by atoms with Crippen molar-refractivity contribution in [3.05, 3.63) is 119 Å². The van der Waals surface area contributed by atoms with Crippen LogP contribution in [0.15, 0.2) is 108 Å². The van der Waals surface area contributed by atoms with E-state index in [1.165, 1.54) is 0 Å². The van der Waals surface area contributed by atoms with E-state index in [0.29, 0.717) is 19.4 Å². The summed E-state index contributed by atoms with van der Waals surface area (Å²) in [5.41, 5.74) is 10.2. The average Bonchev–Trinajstić information content (AvgIpc) is 3.04. The predicted molar refractivity (Wildman–Crippen MR) is 176 cm³/mol. The van der Waals surface area contributed by atoms with E-state index in [1.54, 1.807) is 14.0 Å². The van der Waals surface area contributed by atoms with Crippen LogP contribution >= 0.6 is 0 Å². The van der Waals surface area contributed by atoms with Crippen LogP contribution in [0.25, 0.3) is 21.2 Å². The Labute approximate surface area is 256 Å². The van der Waals surface area contributed by atoms with Gasteiger partial charge in [-0.1, -0.05) is 123 Å². The lowest BCUT2D eigenvalue weighted by molar-refractivity contribution is -0.207. The van der Waals surface area contributed by atoms with E-state index < -0.39 is 25.7 Å². The molecule has 0 heterocycles. The molecule has 0 aliphatic heterocycles. The molecule has 0 saturated heterocycles. The van der Waals surface area contributed by atoms with Crippen molar-refractivity contribution in [2.75, 3.05) is 7.11 Å². The van der Waals surface area contributed by atoms with Crippen molar-refractivity contribution in [3.8, 4) is 0 Å².